The molecule has 290 valence electrons. The maximum Gasteiger partial charge on any atom is 0.307 e. The molecule has 16 nitrogen and oxygen atoms in total. The quantitative estimate of drug-likeness (QED) is 0.0407. The predicted octanol–water partition coefficient (Wildman–Crippen LogP) is 2.56. The molecule has 50 heavy (non-hydrogen) atoms. The summed E-state index contributed by atoms with van der Waals surface area (Å²) in [5, 5.41) is 67.8. The summed E-state index contributed by atoms with van der Waals surface area (Å²) in [6.07, 6.45) is -3.74. The highest BCUT2D eigenvalue weighted by atomic mass is 16.6. The van der Waals surface area contributed by atoms with E-state index in [0.29, 0.717) is 38.5 Å². The number of hydrogen-bond donors (Lipinski definition) is 8. The van der Waals surface area contributed by atoms with Crippen LogP contribution < -0.4 is 5.73 Å². The lowest BCUT2D eigenvalue weighted by Gasteiger charge is -2.33. The van der Waals surface area contributed by atoms with Gasteiger partial charge in [0, 0.05) is 12.5 Å². The Labute approximate surface area is 293 Å². The van der Waals surface area contributed by atoms with E-state index in [1.807, 2.05) is 6.92 Å². The van der Waals surface area contributed by atoms with Crippen molar-refractivity contribution < 1.29 is 74.0 Å². The normalized spacial score (nSPS) is 17.5. The minimum atomic E-state index is -1.59. The number of carboxylic acid groups (broad SMARTS) is 4. The van der Waals surface area contributed by atoms with Gasteiger partial charge < -0.3 is 51.0 Å². The second-order valence-corrected chi connectivity index (χ2v) is 13.6. The van der Waals surface area contributed by atoms with Crippen molar-refractivity contribution in [2.45, 2.75) is 154 Å². The number of carbonyl (C=O) groups is 6. The number of nitrogens with two attached hydrogens (primary N) is 1. The average Bonchev–Trinajstić information content (AvgIpc) is 2.99. The van der Waals surface area contributed by atoms with Gasteiger partial charge in [0.2, 0.25) is 0 Å². The van der Waals surface area contributed by atoms with Gasteiger partial charge in [0.15, 0.2) is 0 Å². The van der Waals surface area contributed by atoms with Crippen LogP contribution in [0.25, 0.3) is 0 Å². The van der Waals surface area contributed by atoms with E-state index in [4.69, 9.17) is 25.4 Å². The maximum absolute atomic E-state index is 13.0. The Bertz CT molecular complexity index is 1070. The number of aliphatic carboxylic acids is 4. The Morgan fingerprint density at radius 3 is 1.50 bits per heavy atom. The van der Waals surface area contributed by atoms with Crippen molar-refractivity contribution in [2.24, 2.45) is 29.4 Å². The summed E-state index contributed by atoms with van der Waals surface area (Å²) in [6, 6.07) is -0.476. The molecule has 10 atom stereocenters. The van der Waals surface area contributed by atoms with Crippen LogP contribution in [0.5, 0.6) is 0 Å². The molecule has 0 fully saturated rings. The van der Waals surface area contributed by atoms with Crippen molar-refractivity contribution in [2.75, 3.05) is 0 Å². The van der Waals surface area contributed by atoms with E-state index in [0.717, 1.165) is 6.42 Å². The van der Waals surface area contributed by atoms with Gasteiger partial charge in [-0.1, -0.05) is 46.5 Å². The second kappa shape index (κ2) is 24.7. The van der Waals surface area contributed by atoms with Crippen LogP contribution in [0, 0.1) is 23.7 Å². The molecule has 0 spiro atoms. The smallest absolute Gasteiger partial charge is 0.307 e. The molecule has 0 aliphatic carbocycles. The molecule has 0 bridgehead atoms. The van der Waals surface area contributed by atoms with Gasteiger partial charge >= 0.3 is 35.8 Å². The van der Waals surface area contributed by atoms with Gasteiger partial charge in [0.25, 0.3) is 0 Å². The number of hydrogen-bond acceptors (Lipinski definition) is 12. The zero-order chi connectivity index (χ0) is 38.6. The number of esters is 2. The zero-order valence-electron chi connectivity index (χ0n) is 29.6. The third-order valence-electron chi connectivity index (χ3n) is 8.61. The molecule has 9 N–H and O–H groups in total. The molecule has 0 saturated heterocycles. The number of carbonyl (C=O) groups excluding carboxylic acids is 2. The summed E-state index contributed by atoms with van der Waals surface area (Å²) in [7, 11) is 0. The largest absolute Gasteiger partial charge is 0.481 e. The van der Waals surface area contributed by atoms with Crippen molar-refractivity contribution in [3.05, 3.63) is 0 Å². The summed E-state index contributed by atoms with van der Waals surface area (Å²) < 4.78 is 11.4. The summed E-state index contributed by atoms with van der Waals surface area (Å²) in [5.41, 5.74) is 5.63. The third-order valence-corrected chi connectivity index (χ3v) is 8.61. The van der Waals surface area contributed by atoms with Crippen LogP contribution in [-0.2, 0) is 38.2 Å². The predicted molar refractivity (Wildman–Crippen MR) is 178 cm³/mol. The highest BCUT2D eigenvalue weighted by Gasteiger charge is 2.37. The van der Waals surface area contributed by atoms with Gasteiger partial charge in [0.1, 0.15) is 12.2 Å². The third kappa shape index (κ3) is 21.0. The molecule has 0 aliphatic heterocycles. The molecule has 16 heteroatoms. The van der Waals surface area contributed by atoms with Crippen molar-refractivity contribution in [3.63, 3.8) is 0 Å². The Kier molecular flexibility index (Phi) is 23.1. The molecular formula is C34H59NO15. The number of ether oxygens (including phenoxy) is 2. The van der Waals surface area contributed by atoms with E-state index in [-0.39, 0.29) is 25.2 Å². The van der Waals surface area contributed by atoms with Crippen molar-refractivity contribution in [1.82, 2.24) is 0 Å². The first kappa shape index (κ1) is 46.7. The average molecular weight is 722 g/mol. The number of aliphatic hydroxyl groups excluding tert-OH is 3. The van der Waals surface area contributed by atoms with Crippen molar-refractivity contribution in [1.29, 1.82) is 0 Å². The summed E-state index contributed by atoms with van der Waals surface area (Å²) >= 11 is 0. The Morgan fingerprint density at radius 1 is 0.620 bits per heavy atom. The zero-order valence-corrected chi connectivity index (χ0v) is 29.6. The second-order valence-electron chi connectivity index (χ2n) is 13.6. The minimum Gasteiger partial charge on any atom is -0.481 e. The van der Waals surface area contributed by atoms with Crippen LogP contribution in [0.4, 0.5) is 0 Å². The summed E-state index contributed by atoms with van der Waals surface area (Å²) in [4.78, 5) is 71.6. The van der Waals surface area contributed by atoms with E-state index >= 15 is 0 Å². The van der Waals surface area contributed by atoms with Gasteiger partial charge in [-0.15, -0.1) is 0 Å². The molecular weight excluding hydrogens is 662 g/mol. The molecule has 0 unspecified atom stereocenters. The Balaban J connectivity index is 5.98. The van der Waals surface area contributed by atoms with Crippen LogP contribution in [-0.4, -0.2) is 108 Å². The monoisotopic (exact) mass is 721 g/mol. The number of carboxylic acids is 4. The molecule has 0 aromatic heterocycles. The molecule has 0 heterocycles. The lowest BCUT2D eigenvalue weighted by atomic mass is 9.87. The van der Waals surface area contributed by atoms with E-state index in [1.165, 1.54) is 0 Å². The van der Waals surface area contributed by atoms with Crippen LogP contribution in [0.15, 0.2) is 0 Å². The topological polar surface area (TPSA) is 289 Å². The van der Waals surface area contributed by atoms with E-state index in [2.05, 4.69) is 0 Å². The molecule has 0 aromatic carbocycles. The molecule has 0 saturated carbocycles. The first-order valence-corrected chi connectivity index (χ1v) is 17.3. The maximum atomic E-state index is 13.0. The van der Waals surface area contributed by atoms with Crippen LogP contribution in [0.2, 0.25) is 0 Å². The van der Waals surface area contributed by atoms with E-state index in [1.54, 1.807) is 20.8 Å². The summed E-state index contributed by atoms with van der Waals surface area (Å²) in [6.45, 7) is 7.06. The van der Waals surface area contributed by atoms with E-state index < -0.39 is 116 Å². The first-order valence-electron chi connectivity index (χ1n) is 17.3. The number of unbranched alkanes of at least 4 members (excludes halogenated alkanes) is 2. The van der Waals surface area contributed by atoms with Crippen molar-refractivity contribution >= 4 is 35.8 Å². The molecule has 0 rings (SSSR count). The first-order chi connectivity index (χ1) is 23.3. The Morgan fingerprint density at radius 2 is 1.08 bits per heavy atom. The number of rotatable bonds is 29. The van der Waals surface area contributed by atoms with E-state index in [9.17, 15) is 54.3 Å². The van der Waals surface area contributed by atoms with Gasteiger partial charge in [-0.3, -0.25) is 28.8 Å². The lowest BCUT2D eigenvalue weighted by molar-refractivity contribution is -0.177. The van der Waals surface area contributed by atoms with Crippen LogP contribution in [0.3, 0.4) is 0 Å². The molecule has 0 radical (unpaired) electrons. The fourth-order valence-corrected chi connectivity index (χ4v) is 5.68. The minimum absolute atomic E-state index is 0.0270. The highest BCUT2D eigenvalue weighted by molar-refractivity contribution is 5.83. The van der Waals surface area contributed by atoms with Crippen molar-refractivity contribution in [3.8, 4) is 0 Å². The lowest BCUT2D eigenvalue weighted by Crippen LogP contribution is -2.42. The standard InChI is InChI=1S/C34H59NO15/c1-5-6-9-20(3)32(50-31(44)17-23(34(47)48)15-29(41)42)27(49-30(43)16-22(33(45)46)14-28(39)40)13-19(2)12-24(36)10-7-8-11-25(37)18-26(38)21(4)35/h19-27,32,36-38H,5-18,35H2,1-4H3,(H,39,40)(H,41,42)(H,45,46)(H,47,48)/t19-,20+,21+,22-,23-,24-,25+,26+,27+,32+/m1/s1. The van der Waals surface area contributed by atoms with Gasteiger partial charge in [-0.25, -0.2) is 0 Å². The molecule has 0 amide bonds. The summed E-state index contributed by atoms with van der Waals surface area (Å²) in [5.74, 6) is -12.0. The number of aliphatic hydroxyl groups is 3. The molecule has 0 aliphatic rings. The van der Waals surface area contributed by atoms with Gasteiger partial charge in [-0.2, -0.15) is 0 Å². The van der Waals surface area contributed by atoms with Crippen LogP contribution >= 0.6 is 0 Å². The fraction of sp³-hybridized carbons (Fsp3) is 0.824. The van der Waals surface area contributed by atoms with Gasteiger partial charge in [-0.05, 0) is 50.9 Å². The SMILES string of the molecule is CCCC[C@H](C)[C@H](OC(=O)C[C@@H](CC(=O)O)C(=O)O)[C@H](C[C@H](C)C[C@H](O)CCCC[C@H](O)C[C@H](O)[C@H](C)N)OC(=O)C[C@@H](CC(=O)O)C(=O)O. The molecule has 0 aromatic rings. The van der Waals surface area contributed by atoms with Crippen LogP contribution in [0.1, 0.15) is 118 Å². The Hall–Kier alpha value is -3.34. The highest BCUT2D eigenvalue weighted by Crippen LogP contribution is 2.29. The van der Waals surface area contributed by atoms with Gasteiger partial charge in [0.05, 0.1) is 55.8 Å². The fourth-order valence-electron chi connectivity index (χ4n) is 5.68.